The van der Waals surface area contributed by atoms with Crippen molar-refractivity contribution < 1.29 is 0 Å². The maximum absolute atomic E-state index is 12.4. The van der Waals surface area contributed by atoms with E-state index in [2.05, 4.69) is 25.6 Å². The molecule has 0 amide bonds. The predicted molar refractivity (Wildman–Crippen MR) is 110 cm³/mol. The number of nitrogens with zero attached hydrogens (tertiary/aromatic N) is 2. The molecule has 1 aliphatic carbocycles. The summed E-state index contributed by atoms with van der Waals surface area (Å²) < 4.78 is 0. The van der Waals surface area contributed by atoms with Gasteiger partial charge < -0.3 is 15.6 Å². The van der Waals surface area contributed by atoms with Crippen LogP contribution in [0.25, 0.3) is 10.8 Å². The zero-order valence-electron chi connectivity index (χ0n) is 15.6. The SMILES string of the molecule is Cc1ccnc(Nc2cc3cc[nH]c(=O)c3c(NCC3CCCCC3)n2)c1. The van der Waals surface area contributed by atoms with E-state index in [4.69, 9.17) is 0 Å². The van der Waals surface area contributed by atoms with Gasteiger partial charge in [-0.15, -0.1) is 0 Å². The molecular weight excluding hydrogens is 338 g/mol. The summed E-state index contributed by atoms with van der Waals surface area (Å²) in [5, 5.41) is 8.17. The lowest BCUT2D eigenvalue weighted by atomic mass is 9.89. The Bertz CT molecular complexity index is 991. The van der Waals surface area contributed by atoms with Crippen LogP contribution in [0.15, 0.2) is 41.5 Å². The van der Waals surface area contributed by atoms with Crippen molar-refractivity contribution in [2.24, 2.45) is 5.92 Å². The van der Waals surface area contributed by atoms with Crippen molar-refractivity contribution in [2.45, 2.75) is 39.0 Å². The molecule has 140 valence electrons. The quantitative estimate of drug-likeness (QED) is 0.627. The second-order valence-electron chi connectivity index (χ2n) is 7.36. The van der Waals surface area contributed by atoms with E-state index in [9.17, 15) is 4.79 Å². The molecule has 0 atom stereocenters. The Morgan fingerprint density at radius 3 is 2.81 bits per heavy atom. The normalized spacial score (nSPS) is 15.0. The lowest BCUT2D eigenvalue weighted by molar-refractivity contribution is 0.373. The topological polar surface area (TPSA) is 82.7 Å². The van der Waals surface area contributed by atoms with E-state index >= 15 is 0 Å². The van der Waals surface area contributed by atoms with E-state index in [0.717, 1.165) is 23.3 Å². The van der Waals surface area contributed by atoms with Crippen LogP contribution >= 0.6 is 0 Å². The number of aromatic amines is 1. The van der Waals surface area contributed by atoms with Crippen molar-refractivity contribution in [3.8, 4) is 0 Å². The number of nitrogens with one attached hydrogen (secondary N) is 3. The summed E-state index contributed by atoms with van der Waals surface area (Å²) in [6, 6.07) is 7.72. The fourth-order valence-electron chi connectivity index (χ4n) is 3.77. The summed E-state index contributed by atoms with van der Waals surface area (Å²) >= 11 is 0. The highest BCUT2D eigenvalue weighted by Crippen LogP contribution is 2.27. The standard InChI is InChI=1S/C21H25N5O/c1-14-7-9-22-17(11-14)25-18-12-16-8-10-23-21(27)19(16)20(26-18)24-13-15-5-3-2-4-6-15/h7-12,15H,2-6,13H2,1H3,(H,23,27)(H2,22,24,25,26). The van der Waals surface area contributed by atoms with E-state index in [1.807, 2.05) is 31.2 Å². The van der Waals surface area contributed by atoms with Crippen LogP contribution in [-0.4, -0.2) is 21.5 Å². The minimum Gasteiger partial charge on any atom is -0.369 e. The van der Waals surface area contributed by atoms with Crippen molar-refractivity contribution in [3.05, 3.63) is 52.6 Å². The van der Waals surface area contributed by atoms with E-state index in [0.29, 0.717) is 22.9 Å². The molecule has 1 saturated carbocycles. The van der Waals surface area contributed by atoms with Crippen molar-refractivity contribution in [2.75, 3.05) is 17.2 Å². The summed E-state index contributed by atoms with van der Waals surface area (Å²) in [7, 11) is 0. The Labute approximate surface area is 158 Å². The minimum absolute atomic E-state index is 0.119. The molecule has 4 rings (SSSR count). The highest BCUT2D eigenvalue weighted by Gasteiger charge is 2.15. The van der Waals surface area contributed by atoms with Crippen molar-refractivity contribution in [1.82, 2.24) is 15.0 Å². The third-order valence-corrected chi connectivity index (χ3v) is 5.21. The summed E-state index contributed by atoms with van der Waals surface area (Å²) in [6.07, 6.45) is 9.85. The smallest absolute Gasteiger partial charge is 0.259 e. The maximum atomic E-state index is 12.4. The first-order chi connectivity index (χ1) is 13.2. The van der Waals surface area contributed by atoms with Crippen molar-refractivity contribution >= 4 is 28.2 Å². The molecule has 27 heavy (non-hydrogen) atoms. The monoisotopic (exact) mass is 363 g/mol. The number of hydrogen-bond donors (Lipinski definition) is 3. The van der Waals surface area contributed by atoms with Gasteiger partial charge in [0.05, 0.1) is 5.39 Å². The second-order valence-corrected chi connectivity index (χ2v) is 7.36. The van der Waals surface area contributed by atoms with Gasteiger partial charge in [-0.25, -0.2) is 9.97 Å². The number of aryl methyl sites for hydroxylation is 1. The fraction of sp³-hybridized carbons (Fsp3) is 0.381. The van der Waals surface area contributed by atoms with Gasteiger partial charge in [0.1, 0.15) is 17.5 Å². The van der Waals surface area contributed by atoms with Gasteiger partial charge in [-0.05, 0) is 60.9 Å². The van der Waals surface area contributed by atoms with Gasteiger partial charge in [0, 0.05) is 18.9 Å². The molecule has 3 N–H and O–H groups in total. The molecule has 6 heteroatoms. The molecule has 0 saturated heterocycles. The van der Waals surface area contributed by atoms with E-state index in [1.54, 1.807) is 12.4 Å². The van der Waals surface area contributed by atoms with Gasteiger partial charge >= 0.3 is 0 Å². The molecule has 3 heterocycles. The molecule has 1 fully saturated rings. The van der Waals surface area contributed by atoms with Crippen LogP contribution in [0.2, 0.25) is 0 Å². The van der Waals surface area contributed by atoms with Crippen LogP contribution in [0.5, 0.6) is 0 Å². The highest BCUT2D eigenvalue weighted by atomic mass is 16.1. The molecular formula is C21H25N5O. The number of rotatable bonds is 5. The molecule has 0 radical (unpaired) electrons. The molecule has 3 aromatic rings. The average molecular weight is 363 g/mol. The third-order valence-electron chi connectivity index (χ3n) is 5.21. The lowest BCUT2D eigenvalue weighted by Crippen LogP contribution is -2.19. The van der Waals surface area contributed by atoms with Gasteiger partial charge in [-0.3, -0.25) is 4.79 Å². The Balaban J connectivity index is 1.65. The molecule has 1 aliphatic rings. The highest BCUT2D eigenvalue weighted by molar-refractivity contribution is 5.93. The van der Waals surface area contributed by atoms with Crippen LogP contribution in [0.3, 0.4) is 0 Å². The molecule has 0 aliphatic heterocycles. The Kier molecular flexibility index (Phi) is 5.05. The van der Waals surface area contributed by atoms with E-state index in [1.165, 1.54) is 32.1 Å². The first-order valence-electron chi connectivity index (χ1n) is 9.65. The molecule has 0 spiro atoms. The number of anilines is 3. The fourth-order valence-corrected chi connectivity index (χ4v) is 3.77. The summed E-state index contributed by atoms with van der Waals surface area (Å²) in [4.78, 5) is 24.2. The van der Waals surface area contributed by atoms with Gasteiger partial charge in [-0.1, -0.05) is 19.3 Å². The van der Waals surface area contributed by atoms with Crippen LogP contribution in [-0.2, 0) is 0 Å². The van der Waals surface area contributed by atoms with Gasteiger partial charge in [0.25, 0.3) is 5.56 Å². The number of H-pyrrole nitrogens is 1. The predicted octanol–water partition coefficient (Wildman–Crippen LogP) is 4.36. The zero-order valence-corrected chi connectivity index (χ0v) is 15.6. The van der Waals surface area contributed by atoms with Crippen LogP contribution < -0.4 is 16.2 Å². The zero-order chi connectivity index (χ0) is 18.6. The van der Waals surface area contributed by atoms with E-state index in [-0.39, 0.29) is 5.56 Å². The maximum Gasteiger partial charge on any atom is 0.259 e. The first kappa shape index (κ1) is 17.5. The number of hydrogen-bond acceptors (Lipinski definition) is 5. The minimum atomic E-state index is -0.119. The summed E-state index contributed by atoms with van der Waals surface area (Å²) in [6.45, 7) is 2.87. The van der Waals surface area contributed by atoms with Gasteiger partial charge in [-0.2, -0.15) is 0 Å². The van der Waals surface area contributed by atoms with Gasteiger partial charge in [0.15, 0.2) is 0 Å². The summed E-state index contributed by atoms with van der Waals surface area (Å²) in [5.74, 6) is 2.70. The van der Waals surface area contributed by atoms with Crippen LogP contribution in [0.4, 0.5) is 17.5 Å². The molecule has 0 unspecified atom stereocenters. The second kappa shape index (κ2) is 7.78. The Hall–Kier alpha value is -2.89. The number of aromatic nitrogens is 3. The summed E-state index contributed by atoms with van der Waals surface area (Å²) in [5.41, 5.74) is 1.01. The van der Waals surface area contributed by atoms with Crippen LogP contribution in [0.1, 0.15) is 37.7 Å². The van der Waals surface area contributed by atoms with Crippen LogP contribution in [0, 0.1) is 12.8 Å². The lowest BCUT2D eigenvalue weighted by Gasteiger charge is -2.22. The van der Waals surface area contributed by atoms with Crippen molar-refractivity contribution in [1.29, 1.82) is 0 Å². The van der Waals surface area contributed by atoms with E-state index < -0.39 is 0 Å². The number of fused-ring (bicyclic) bond motifs is 1. The van der Waals surface area contributed by atoms with Crippen molar-refractivity contribution in [3.63, 3.8) is 0 Å². The largest absolute Gasteiger partial charge is 0.369 e. The molecule has 3 aromatic heterocycles. The molecule has 6 nitrogen and oxygen atoms in total. The molecule has 0 bridgehead atoms. The Morgan fingerprint density at radius 2 is 2.00 bits per heavy atom. The Morgan fingerprint density at radius 1 is 1.15 bits per heavy atom. The molecule has 0 aromatic carbocycles. The van der Waals surface area contributed by atoms with Gasteiger partial charge in [0.2, 0.25) is 0 Å². The third kappa shape index (κ3) is 4.10. The number of pyridine rings is 3. The average Bonchev–Trinajstić information content (AvgIpc) is 2.67. The first-order valence-corrected chi connectivity index (χ1v) is 9.65.